The largest absolute Gasteiger partial charge is 0.307 e. The molecule has 0 radical (unpaired) electrons. The number of hydrogen-bond donors (Lipinski definition) is 1. The average molecular weight is 311 g/mol. The highest BCUT2D eigenvalue weighted by molar-refractivity contribution is 4.91. The highest BCUT2D eigenvalue weighted by atomic mass is 19.3. The van der Waals surface area contributed by atoms with E-state index in [1.54, 1.807) is 0 Å². The molecule has 1 aliphatic rings. The van der Waals surface area contributed by atoms with Gasteiger partial charge in [0, 0.05) is 19.5 Å². The van der Waals surface area contributed by atoms with Gasteiger partial charge in [0.05, 0.1) is 6.04 Å². The molecule has 0 spiro atoms. The number of rotatable bonds is 6. The molecule has 2 nitrogen and oxygen atoms in total. The predicted molar refractivity (Wildman–Crippen MR) is 92.4 cm³/mol. The van der Waals surface area contributed by atoms with E-state index in [-0.39, 0.29) is 6.42 Å². The molecule has 21 heavy (non-hydrogen) atoms. The highest BCUT2D eigenvalue weighted by Crippen LogP contribution is 2.27. The van der Waals surface area contributed by atoms with Gasteiger partial charge in [-0.25, -0.2) is 8.78 Å². The second-order valence-corrected chi connectivity index (χ2v) is 4.49. The lowest BCUT2D eigenvalue weighted by molar-refractivity contribution is -0.0187. The van der Waals surface area contributed by atoms with E-state index in [1.165, 1.54) is 12.8 Å². The summed E-state index contributed by atoms with van der Waals surface area (Å²) in [5.41, 5.74) is 0. The summed E-state index contributed by atoms with van der Waals surface area (Å²) in [7, 11) is 1.92. The molecule has 0 aromatic heterocycles. The Bertz CT molecular complexity index is 188. The normalized spacial score (nSPS) is 18.7. The Hall–Kier alpha value is -0.220. The lowest BCUT2D eigenvalue weighted by Crippen LogP contribution is -2.44. The van der Waals surface area contributed by atoms with E-state index in [0.717, 1.165) is 13.0 Å². The van der Waals surface area contributed by atoms with E-state index in [1.807, 2.05) is 53.5 Å². The Kier molecular flexibility index (Phi) is 21.8. The van der Waals surface area contributed by atoms with Crippen molar-refractivity contribution in [3.05, 3.63) is 0 Å². The predicted octanol–water partition coefficient (Wildman–Crippen LogP) is 5.18. The Balaban J connectivity index is -0.000000478. The van der Waals surface area contributed by atoms with Crippen molar-refractivity contribution in [2.45, 2.75) is 86.1 Å². The van der Waals surface area contributed by atoms with E-state index in [2.05, 4.69) is 12.2 Å². The van der Waals surface area contributed by atoms with Crippen LogP contribution in [0.5, 0.6) is 0 Å². The summed E-state index contributed by atoms with van der Waals surface area (Å²) in [6.07, 6.45) is 3.44. The van der Waals surface area contributed by atoms with E-state index < -0.39 is 12.0 Å². The molecule has 0 aromatic rings. The van der Waals surface area contributed by atoms with Crippen molar-refractivity contribution in [3.63, 3.8) is 0 Å². The first-order chi connectivity index (χ1) is 10.1. The molecule has 1 atom stereocenters. The van der Waals surface area contributed by atoms with Gasteiger partial charge in [-0.1, -0.05) is 61.3 Å². The fourth-order valence-electron chi connectivity index (χ4n) is 1.97. The Morgan fingerprint density at radius 2 is 1.57 bits per heavy atom. The van der Waals surface area contributed by atoms with E-state index in [4.69, 9.17) is 0 Å². The molecule has 0 amide bonds. The van der Waals surface area contributed by atoms with E-state index >= 15 is 0 Å². The minimum absolute atomic E-state index is 0.0134. The Morgan fingerprint density at radius 1 is 1.05 bits per heavy atom. The van der Waals surface area contributed by atoms with Crippen LogP contribution >= 0.6 is 0 Å². The van der Waals surface area contributed by atoms with Crippen molar-refractivity contribution in [2.75, 3.05) is 26.7 Å². The standard InChI is InChI=1S/C11H22F2N2.3C2H6/c1-3-4-5-8-15(2)9-10-11(12,13)6-7-14-10;3*1-2/h10,14H,3-9H2,1-2H3;3*1-2H3. The molecule has 132 valence electrons. The van der Waals surface area contributed by atoms with Crippen molar-refractivity contribution >= 4 is 0 Å². The van der Waals surface area contributed by atoms with Gasteiger partial charge < -0.3 is 10.2 Å². The molecular formula is C17H40F2N2. The fourth-order valence-corrected chi connectivity index (χ4v) is 1.97. The van der Waals surface area contributed by atoms with Gasteiger partial charge in [-0.05, 0) is 20.0 Å². The van der Waals surface area contributed by atoms with Crippen LogP contribution in [-0.2, 0) is 0 Å². The average Bonchev–Trinajstić information content (AvgIpc) is 2.84. The summed E-state index contributed by atoms with van der Waals surface area (Å²) in [6, 6.07) is -0.649. The topological polar surface area (TPSA) is 15.3 Å². The molecule has 1 N–H and O–H groups in total. The second-order valence-electron chi connectivity index (χ2n) is 4.49. The lowest BCUT2D eigenvalue weighted by Gasteiger charge is -2.25. The van der Waals surface area contributed by atoms with Gasteiger partial charge in [0.1, 0.15) is 0 Å². The second kappa shape index (κ2) is 17.8. The number of hydrogen-bond acceptors (Lipinski definition) is 2. The third-order valence-corrected chi connectivity index (χ3v) is 3.00. The monoisotopic (exact) mass is 310 g/mol. The minimum atomic E-state index is -2.51. The minimum Gasteiger partial charge on any atom is -0.307 e. The number of nitrogens with zero attached hydrogens (tertiary/aromatic N) is 1. The van der Waals surface area contributed by atoms with Gasteiger partial charge in [0.15, 0.2) is 0 Å². The lowest BCUT2D eigenvalue weighted by atomic mass is 10.1. The maximum absolute atomic E-state index is 13.3. The maximum Gasteiger partial charge on any atom is 0.265 e. The molecule has 0 aliphatic carbocycles. The number of unbranched alkanes of at least 4 members (excludes halogenated alkanes) is 2. The highest BCUT2D eigenvalue weighted by Gasteiger charge is 2.43. The summed E-state index contributed by atoms with van der Waals surface area (Å²) in [4.78, 5) is 2.01. The van der Waals surface area contributed by atoms with Gasteiger partial charge in [-0.2, -0.15) is 0 Å². The summed E-state index contributed by atoms with van der Waals surface area (Å²) in [6.45, 7) is 16.0. The van der Waals surface area contributed by atoms with Crippen LogP contribution in [-0.4, -0.2) is 43.5 Å². The first-order valence-electron chi connectivity index (χ1n) is 8.86. The van der Waals surface area contributed by atoms with Crippen molar-refractivity contribution in [2.24, 2.45) is 0 Å². The van der Waals surface area contributed by atoms with Crippen molar-refractivity contribution in [3.8, 4) is 0 Å². The van der Waals surface area contributed by atoms with Crippen molar-refractivity contribution < 1.29 is 8.78 Å². The quantitative estimate of drug-likeness (QED) is 0.680. The molecule has 1 heterocycles. The molecule has 1 unspecified atom stereocenters. The van der Waals surface area contributed by atoms with Gasteiger partial charge in [-0.15, -0.1) is 0 Å². The summed E-state index contributed by atoms with van der Waals surface area (Å²) >= 11 is 0. The number of likely N-dealkylation sites (N-methyl/N-ethyl adjacent to an activating group) is 1. The van der Waals surface area contributed by atoms with Crippen molar-refractivity contribution in [1.29, 1.82) is 0 Å². The van der Waals surface area contributed by atoms with Crippen LogP contribution in [0.25, 0.3) is 0 Å². The zero-order chi connectivity index (χ0) is 17.3. The summed E-state index contributed by atoms with van der Waals surface area (Å²) in [5, 5.41) is 2.88. The summed E-state index contributed by atoms with van der Waals surface area (Å²) in [5.74, 6) is -2.51. The van der Waals surface area contributed by atoms with Crippen LogP contribution in [0.3, 0.4) is 0 Å². The first-order valence-corrected chi connectivity index (χ1v) is 8.86. The van der Waals surface area contributed by atoms with Crippen molar-refractivity contribution in [1.82, 2.24) is 10.2 Å². The molecule has 1 aliphatic heterocycles. The van der Waals surface area contributed by atoms with Crippen LogP contribution in [0.15, 0.2) is 0 Å². The van der Waals surface area contributed by atoms with E-state index in [0.29, 0.717) is 13.1 Å². The van der Waals surface area contributed by atoms with Crippen LogP contribution < -0.4 is 5.32 Å². The first kappa shape index (κ1) is 25.7. The zero-order valence-corrected chi connectivity index (χ0v) is 15.7. The van der Waals surface area contributed by atoms with Gasteiger partial charge in [0.25, 0.3) is 5.92 Å². The SMILES string of the molecule is CC.CC.CC.CCCCCN(C)CC1NCCC1(F)F. The third kappa shape index (κ3) is 13.2. The summed E-state index contributed by atoms with van der Waals surface area (Å²) < 4.78 is 26.5. The van der Waals surface area contributed by atoms with E-state index in [9.17, 15) is 8.78 Å². The number of nitrogens with one attached hydrogen (secondary N) is 1. The van der Waals surface area contributed by atoms with Crippen LogP contribution in [0.1, 0.15) is 74.1 Å². The van der Waals surface area contributed by atoms with Gasteiger partial charge in [0.2, 0.25) is 0 Å². The molecule has 0 saturated carbocycles. The molecule has 1 saturated heterocycles. The molecular weight excluding hydrogens is 270 g/mol. The van der Waals surface area contributed by atoms with Gasteiger partial charge >= 0.3 is 0 Å². The third-order valence-electron chi connectivity index (χ3n) is 3.00. The van der Waals surface area contributed by atoms with Crippen LogP contribution in [0.4, 0.5) is 8.78 Å². The number of halogens is 2. The molecule has 1 fully saturated rings. The Labute approximate surface area is 132 Å². The maximum atomic E-state index is 13.3. The smallest absolute Gasteiger partial charge is 0.265 e. The van der Waals surface area contributed by atoms with Gasteiger partial charge in [-0.3, -0.25) is 0 Å². The van der Waals surface area contributed by atoms with Crippen LogP contribution in [0, 0.1) is 0 Å². The molecule has 0 bridgehead atoms. The molecule has 1 rings (SSSR count). The fraction of sp³-hybridized carbons (Fsp3) is 1.00. The van der Waals surface area contributed by atoms with Crippen LogP contribution in [0.2, 0.25) is 0 Å². The molecule has 0 aromatic carbocycles. The Morgan fingerprint density at radius 3 is 1.95 bits per heavy atom. The molecule has 4 heteroatoms. The zero-order valence-electron chi connectivity index (χ0n) is 15.7. The number of alkyl halides is 2.